The van der Waals surface area contributed by atoms with E-state index in [9.17, 15) is 9.59 Å². The summed E-state index contributed by atoms with van der Waals surface area (Å²) in [6, 6.07) is 13.1. The van der Waals surface area contributed by atoms with Crippen molar-refractivity contribution in [3.05, 3.63) is 54.6 Å². The number of hydrogen-bond acceptors (Lipinski definition) is 5. The van der Waals surface area contributed by atoms with Crippen LogP contribution in [0.15, 0.2) is 49.0 Å². The second-order valence-electron chi connectivity index (χ2n) is 7.38. The Morgan fingerprint density at radius 2 is 1.79 bits per heavy atom. The van der Waals surface area contributed by atoms with Crippen molar-refractivity contribution in [1.29, 1.82) is 0 Å². The van der Waals surface area contributed by atoms with E-state index in [0.29, 0.717) is 17.3 Å². The van der Waals surface area contributed by atoms with Gasteiger partial charge in [0.25, 0.3) is 0 Å². The fourth-order valence-electron chi connectivity index (χ4n) is 2.79. The van der Waals surface area contributed by atoms with Gasteiger partial charge in [-0.05, 0) is 38.5 Å². The maximum Gasteiger partial charge on any atom is 0.407 e. The summed E-state index contributed by atoms with van der Waals surface area (Å²) in [4.78, 5) is 23.6. The van der Waals surface area contributed by atoms with Crippen LogP contribution in [0.4, 0.5) is 4.79 Å². The van der Waals surface area contributed by atoms with E-state index in [-0.39, 0.29) is 13.0 Å². The van der Waals surface area contributed by atoms with E-state index >= 15 is 0 Å². The van der Waals surface area contributed by atoms with Crippen LogP contribution >= 0.6 is 0 Å². The molecule has 2 aromatic carbocycles. The monoisotopic (exact) mass is 381 g/mol. The highest BCUT2D eigenvalue weighted by atomic mass is 16.6. The van der Waals surface area contributed by atoms with Gasteiger partial charge in [0.05, 0.1) is 6.42 Å². The molecule has 0 spiro atoms. The van der Waals surface area contributed by atoms with E-state index < -0.39 is 17.7 Å². The van der Waals surface area contributed by atoms with Crippen LogP contribution < -0.4 is 14.8 Å². The largest absolute Gasteiger partial charge is 0.457 e. The quantitative estimate of drug-likeness (QED) is 0.622. The van der Waals surface area contributed by atoms with Crippen LogP contribution in [0.5, 0.6) is 11.5 Å². The van der Waals surface area contributed by atoms with E-state index in [1.54, 1.807) is 32.9 Å². The van der Waals surface area contributed by atoms with Gasteiger partial charge in [0.15, 0.2) is 0 Å². The van der Waals surface area contributed by atoms with Gasteiger partial charge in [0, 0.05) is 23.7 Å². The first-order valence-electron chi connectivity index (χ1n) is 9.01. The SMILES string of the molecule is C=C1Oc2cc(OC(=O)CCNC(=O)OC(C)(C)C)ccc2-c2ccccc21. The van der Waals surface area contributed by atoms with Gasteiger partial charge in [-0.25, -0.2) is 4.79 Å². The highest BCUT2D eigenvalue weighted by Gasteiger charge is 2.21. The summed E-state index contributed by atoms with van der Waals surface area (Å²) >= 11 is 0. The Morgan fingerprint density at radius 3 is 2.50 bits per heavy atom. The summed E-state index contributed by atoms with van der Waals surface area (Å²) in [6.45, 7) is 9.38. The Morgan fingerprint density at radius 1 is 1.07 bits per heavy atom. The first-order chi connectivity index (χ1) is 13.2. The van der Waals surface area contributed by atoms with E-state index in [1.165, 1.54) is 0 Å². The molecule has 2 aromatic rings. The van der Waals surface area contributed by atoms with Crippen molar-refractivity contribution in [2.24, 2.45) is 0 Å². The Kier molecular flexibility index (Phi) is 5.40. The fourth-order valence-corrected chi connectivity index (χ4v) is 2.79. The van der Waals surface area contributed by atoms with Gasteiger partial charge in [-0.15, -0.1) is 0 Å². The third kappa shape index (κ3) is 4.71. The lowest BCUT2D eigenvalue weighted by atomic mass is 9.95. The number of carbonyl (C=O) groups excluding carboxylic acids is 2. The Labute approximate surface area is 164 Å². The predicted molar refractivity (Wildman–Crippen MR) is 106 cm³/mol. The molecule has 6 nitrogen and oxygen atoms in total. The summed E-state index contributed by atoms with van der Waals surface area (Å²) in [6.07, 6.45) is -0.549. The zero-order valence-corrected chi connectivity index (χ0v) is 16.2. The summed E-state index contributed by atoms with van der Waals surface area (Å²) in [5.41, 5.74) is 2.28. The molecule has 0 fully saturated rings. The lowest BCUT2D eigenvalue weighted by Crippen LogP contribution is -2.34. The Hall–Kier alpha value is -3.28. The zero-order chi connectivity index (χ0) is 20.3. The van der Waals surface area contributed by atoms with Gasteiger partial charge in [0.1, 0.15) is 22.9 Å². The molecule has 146 valence electrons. The molecule has 0 saturated carbocycles. The molecule has 0 radical (unpaired) electrons. The van der Waals surface area contributed by atoms with Crippen LogP contribution in [0, 0.1) is 0 Å². The van der Waals surface area contributed by atoms with Crippen LogP contribution in [-0.2, 0) is 9.53 Å². The van der Waals surface area contributed by atoms with Crippen molar-refractivity contribution in [2.75, 3.05) is 6.54 Å². The van der Waals surface area contributed by atoms with E-state index in [1.807, 2.05) is 30.3 Å². The van der Waals surface area contributed by atoms with Crippen LogP contribution in [0.25, 0.3) is 16.9 Å². The summed E-state index contributed by atoms with van der Waals surface area (Å²) in [5, 5.41) is 2.52. The molecule has 0 aromatic heterocycles. The number of ether oxygens (including phenoxy) is 3. The molecule has 3 rings (SSSR count). The second-order valence-corrected chi connectivity index (χ2v) is 7.38. The number of alkyl carbamates (subject to hydrolysis) is 1. The summed E-state index contributed by atoms with van der Waals surface area (Å²) in [5.74, 6) is 1.04. The van der Waals surface area contributed by atoms with Gasteiger partial charge in [-0.3, -0.25) is 4.79 Å². The fraction of sp³-hybridized carbons (Fsp3) is 0.273. The topological polar surface area (TPSA) is 73.9 Å². The molecule has 6 heteroatoms. The molecular formula is C22H23NO5. The number of carbonyl (C=O) groups is 2. The minimum absolute atomic E-state index is 0.0206. The number of amides is 1. The number of hydrogen-bond donors (Lipinski definition) is 1. The average molecular weight is 381 g/mol. The van der Waals surface area contributed by atoms with Crippen LogP contribution in [0.2, 0.25) is 0 Å². The van der Waals surface area contributed by atoms with Crippen molar-refractivity contribution in [3.8, 4) is 22.6 Å². The normalized spacial score (nSPS) is 12.3. The molecule has 1 amide bonds. The average Bonchev–Trinajstić information content (AvgIpc) is 2.60. The lowest BCUT2D eigenvalue weighted by molar-refractivity contribution is -0.134. The molecule has 1 aliphatic heterocycles. The third-order valence-corrected chi connectivity index (χ3v) is 3.93. The number of esters is 1. The van der Waals surface area contributed by atoms with E-state index in [2.05, 4.69) is 11.9 Å². The lowest BCUT2D eigenvalue weighted by Gasteiger charge is -2.22. The van der Waals surface area contributed by atoms with Crippen molar-refractivity contribution < 1.29 is 23.8 Å². The van der Waals surface area contributed by atoms with Gasteiger partial charge in [0.2, 0.25) is 0 Å². The van der Waals surface area contributed by atoms with Crippen molar-refractivity contribution >= 4 is 17.8 Å². The maximum absolute atomic E-state index is 12.0. The second kappa shape index (κ2) is 7.76. The number of rotatable bonds is 4. The molecule has 0 atom stereocenters. The molecule has 0 bridgehead atoms. The van der Waals surface area contributed by atoms with Gasteiger partial charge >= 0.3 is 12.1 Å². The number of fused-ring (bicyclic) bond motifs is 3. The molecule has 0 saturated heterocycles. The maximum atomic E-state index is 12.0. The molecule has 1 N–H and O–H groups in total. The first-order valence-corrected chi connectivity index (χ1v) is 9.01. The smallest absolute Gasteiger partial charge is 0.407 e. The first kappa shape index (κ1) is 19.5. The number of benzene rings is 2. The zero-order valence-electron chi connectivity index (χ0n) is 16.2. The van der Waals surface area contributed by atoms with Crippen LogP contribution in [-0.4, -0.2) is 24.2 Å². The predicted octanol–water partition coefficient (Wildman–Crippen LogP) is 4.54. The van der Waals surface area contributed by atoms with Crippen molar-refractivity contribution in [1.82, 2.24) is 5.32 Å². The summed E-state index contributed by atoms with van der Waals surface area (Å²) < 4.78 is 16.2. The minimum atomic E-state index is -0.587. The summed E-state index contributed by atoms with van der Waals surface area (Å²) in [7, 11) is 0. The van der Waals surface area contributed by atoms with Crippen LogP contribution in [0.1, 0.15) is 32.8 Å². The molecule has 1 heterocycles. The molecular weight excluding hydrogens is 358 g/mol. The van der Waals surface area contributed by atoms with Crippen LogP contribution in [0.3, 0.4) is 0 Å². The number of nitrogens with one attached hydrogen (secondary N) is 1. The van der Waals surface area contributed by atoms with Crippen molar-refractivity contribution in [2.45, 2.75) is 32.8 Å². The van der Waals surface area contributed by atoms with Gasteiger partial charge in [-0.2, -0.15) is 0 Å². The molecule has 0 aliphatic carbocycles. The highest BCUT2D eigenvalue weighted by Crippen LogP contribution is 2.42. The minimum Gasteiger partial charge on any atom is -0.457 e. The Bertz CT molecular complexity index is 927. The molecule has 0 unspecified atom stereocenters. The highest BCUT2D eigenvalue weighted by molar-refractivity contribution is 5.87. The van der Waals surface area contributed by atoms with E-state index in [4.69, 9.17) is 14.2 Å². The van der Waals surface area contributed by atoms with Gasteiger partial charge in [-0.1, -0.05) is 30.8 Å². The van der Waals surface area contributed by atoms with Crippen molar-refractivity contribution in [3.63, 3.8) is 0 Å². The third-order valence-electron chi connectivity index (χ3n) is 3.93. The van der Waals surface area contributed by atoms with E-state index in [0.717, 1.165) is 16.7 Å². The molecule has 28 heavy (non-hydrogen) atoms. The molecule has 1 aliphatic rings. The Balaban J connectivity index is 1.59. The van der Waals surface area contributed by atoms with Gasteiger partial charge < -0.3 is 19.5 Å². The standard InChI is InChI=1S/C22H23NO5/c1-14-16-7-5-6-8-17(16)18-10-9-15(13-19(18)26-14)27-20(24)11-12-23-21(25)28-22(2,3)4/h5-10,13H,1,11-12H2,2-4H3,(H,23,25).